The molecule has 2 aliphatic heterocycles. The van der Waals surface area contributed by atoms with Crippen molar-refractivity contribution >= 4 is 11.6 Å². The molecule has 0 amide bonds. The highest BCUT2D eigenvalue weighted by Crippen LogP contribution is 2.41. The zero-order valence-electron chi connectivity index (χ0n) is 10.8. The number of morpholine rings is 1. The number of rotatable bonds is 4. The Kier molecular flexibility index (Phi) is 3.35. The van der Waals surface area contributed by atoms with E-state index < -0.39 is 0 Å². The lowest BCUT2D eigenvalue weighted by molar-refractivity contribution is -0.00963. The number of halogens is 1. The molecule has 2 saturated heterocycles. The van der Waals surface area contributed by atoms with Gasteiger partial charge in [0.05, 0.1) is 6.61 Å². The van der Waals surface area contributed by atoms with Gasteiger partial charge in [0.25, 0.3) is 0 Å². The van der Waals surface area contributed by atoms with E-state index in [1.807, 2.05) is 6.07 Å². The Morgan fingerprint density at radius 1 is 1.50 bits per heavy atom. The minimum Gasteiger partial charge on any atom is -0.367 e. The Hall–Kier alpha value is -0.570. The predicted octanol–water partition coefficient (Wildman–Crippen LogP) is 3.27. The summed E-state index contributed by atoms with van der Waals surface area (Å²) in [5.41, 5.74) is 2.48. The second-order valence-electron chi connectivity index (χ2n) is 5.50. The van der Waals surface area contributed by atoms with Crippen molar-refractivity contribution in [2.24, 2.45) is 0 Å². The highest BCUT2D eigenvalue weighted by Gasteiger charge is 2.47. The highest BCUT2D eigenvalue weighted by atomic mass is 35.5. The molecule has 0 saturated carbocycles. The summed E-state index contributed by atoms with van der Waals surface area (Å²) in [7, 11) is 0. The molecule has 0 aliphatic carbocycles. The molecule has 2 heterocycles. The van der Waals surface area contributed by atoms with Crippen molar-refractivity contribution in [2.75, 3.05) is 13.2 Å². The van der Waals surface area contributed by atoms with Crippen molar-refractivity contribution in [2.45, 2.75) is 44.2 Å². The summed E-state index contributed by atoms with van der Waals surface area (Å²) in [5.74, 6) is 0. The van der Waals surface area contributed by atoms with Crippen LogP contribution in [0.15, 0.2) is 18.2 Å². The van der Waals surface area contributed by atoms with E-state index in [1.54, 1.807) is 0 Å². The smallest absolute Gasteiger partial charge is 0.107 e. The molecule has 2 nitrogen and oxygen atoms in total. The van der Waals surface area contributed by atoms with Gasteiger partial charge < -0.3 is 10.1 Å². The third-order valence-corrected chi connectivity index (χ3v) is 4.55. The fourth-order valence-electron chi connectivity index (χ4n) is 3.06. The Labute approximate surface area is 114 Å². The first-order chi connectivity index (χ1) is 8.73. The molecule has 2 fully saturated rings. The molecular weight excluding hydrogens is 246 g/mol. The third-order valence-electron chi connectivity index (χ3n) is 4.18. The monoisotopic (exact) mass is 265 g/mol. The second-order valence-corrected chi connectivity index (χ2v) is 5.90. The number of aryl methyl sites for hydroxylation is 1. The van der Waals surface area contributed by atoms with Crippen LogP contribution in [-0.4, -0.2) is 19.2 Å². The Morgan fingerprint density at radius 3 is 3.00 bits per heavy atom. The first kappa shape index (κ1) is 12.5. The molecule has 1 aromatic carbocycles. The summed E-state index contributed by atoms with van der Waals surface area (Å²) in [6.07, 6.45) is 4.56. The maximum atomic E-state index is 6.28. The van der Waals surface area contributed by atoms with E-state index in [-0.39, 0.29) is 5.60 Å². The molecule has 2 aliphatic rings. The van der Waals surface area contributed by atoms with Gasteiger partial charge in [-0.15, -0.1) is 0 Å². The Bertz CT molecular complexity index is 438. The molecule has 3 rings (SSSR count). The molecule has 3 heteroatoms. The van der Waals surface area contributed by atoms with Gasteiger partial charge in [-0.05, 0) is 36.5 Å². The standard InChI is InChI=1S/C15H20ClNO/c1-2-3-4-11-7-12(5-6-14(11)16)15-8-13(9-18-15)17-10-15/h5-7,13,17H,2-4,8-10H2,1H3. The van der Waals surface area contributed by atoms with Crippen LogP contribution in [0.2, 0.25) is 5.02 Å². The van der Waals surface area contributed by atoms with Crippen molar-refractivity contribution in [3.8, 4) is 0 Å². The van der Waals surface area contributed by atoms with Crippen molar-refractivity contribution in [3.63, 3.8) is 0 Å². The first-order valence-electron chi connectivity index (χ1n) is 6.90. The molecule has 1 N–H and O–H groups in total. The topological polar surface area (TPSA) is 21.3 Å². The van der Waals surface area contributed by atoms with Crippen LogP contribution in [0, 0.1) is 0 Å². The van der Waals surface area contributed by atoms with Gasteiger partial charge >= 0.3 is 0 Å². The quantitative estimate of drug-likeness (QED) is 0.902. The molecule has 2 bridgehead atoms. The number of nitrogens with one attached hydrogen (secondary N) is 1. The van der Waals surface area contributed by atoms with E-state index in [0.717, 1.165) is 31.0 Å². The Morgan fingerprint density at radius 2 is 2.39 bits per heavy atom. The summed E-state index contributed by atoms with van der Waals surface area (Å²) >= 11 is 6.28. The van der Waals surface area contributed by atoms with Gasteiger partial charge in [0.2, 0.25) is 0 Å². The molecule has 0 aromatic heterocycles. The van der Waals surface area contributed by atoms with Crippen LogP contribution in [0.25, 0.3) is 0 Å². The van der Waals surface area contributed by atoms with Gasteiger partial charge in [0.1, 0.15) is 5.60 Å². The van der Waals surface area contributed by atoms with Gasteiger partial charge in [0, 0.05) is 17.6 Å². The molecule has 2 atom stereocenters. The average Bonchev–Trinajstić information content (AvgIpc) is 2.99. The lowest BCUT2D eigenvalue weighted by atomic mass is 9.91. The summed E-state index contributed by atoms with van der Waals surface area (Å²) in [4.78, 5) is 0. The van der Waals surface area contributed by atoms with Crippen LogP contribution in [-0.2, 0) is 16.8 Å². The largest absolute Gasteiger partial charge is 0.367 e. The second kappa shape index (κ2) is 4.84. The Balaban J connectivity index is 1.88. The molecule has 18 heavy (non-hydrogen) atoms. The van der Waals surface area contributed by atoms with Crippen LogP contribution in [0.4, 0.5) is 0 Å². The van der Waals surface area contributed by atoms with Crippen molar-refractivity contribution in [3.05, 3.63) is 34.3 Å². The third kappa shape index (κ3) is 2.07. The number of fused-ring (bicyclic) bond motifs is 2. The number of ether oxygens (including phenoxy) is 1. The van der Waals surface area contributed by atoms with Crippen LogP contribution >= 0.6 is 11.6 Å². The van der Waals surface area contributed by atoms with Gasteiger partial charge in [-0.2, -0.15) is 0 Å². The minimum atomic E-state index is -0.0871. The van der Waals surface area contributed by atoms with Crippen molar-refractivity contribution < 1.29 is 4.74 Å². The number of hydrogen-bond donors (Lipinski definition) is 1. The maximum Gasteiger partial charge on any atom is 0.107 e. The molecule has 98 valence electrons. The van der Waals surface area contributed by atoms with Gasteiger partial charge in [-0.3, -0.25) is 0 Å². The van der Waals surface area contributed by atoms with Crippen molar-refractivity contribution in [1.82, 2.24) is 5.32 Å². The predicted molar refractivity (Wildman–Crippen MR) is 74.1 cm³/mol. The van der Waals surface area contributed by atoms with Crippen molar-refractivity contribution in [1.29, 1.82) is 0 Å². The number of hydrogen-bond acceptors (Lipinski definition) is 2. The molecule has 0 spiro atoms. The lowest BCUT2D eigenvalue weighted by Gasteiger charge is -2.28. The van der Waals surface area contributed by atoms with E-state index in [0.29, 0.717) is 6.04 Å². The zero-order valence-corrected chi connectivity index (χ0v) is 11.6. The first-order valence-corrected chi connectivity index (χ1v) is 7.27. The molecule has 1 aromatic rings. The van der Waals surface area contributed by atoms with E-state index in [2.05, 4.69) is 24.4 Å². The number of unbranched alkanes of at least 4 members (excludes halogenated alkanes) is 1. The maximum absolute atomic E-state index is 6.28. The summed E-state index contributed by atoms with van der Waals surface area (Å²) < 4.78 is 6.02. The van der Waals surface area contributed by atoms with Crippen LogP contribution in [0.1, 0.15) is 37.3 Å². The molecular formula is C15H20ClNO. The number of benzene rings is 1. The molecule has 2 unspecified atom stereocenters. The fraction of sp³-hybridized carbons (Fsp3) is 0.600. The van der Waals surface area contributed by atoms with E-state index in [4.69, 9.17) is 16.3 Å². The molecule has 0 radical (unpaired) electrons. The van der Waals surface area contributed by atoms with Crippen LogP contribution < -0.4 is 5.32 Å². The van der Waals surface area contributed by atoms with Gasteiger partial charge in [-0.1, -0.05) is 37.1 Å². The minimum absolute atomic E-state index is 0.0871. The van der Waals surface area contributed by atoms with E-state index >= 15 is 0 Å². The van der Waals surface area contributed by atoms with Gasteiger partial charge in [-0.25, -0.2) is 0 Å². The average molecular weight is 266 g/mol. The van der Waals surface area contributed by atoms with E-state index in [1.165, 1.54) is 24.0 Å². The fourth-order valence-corrected chi connectivity index (χ4v) is 3.27. The van der Waals surface area contributed by atoms with Crippen LogP contribution in [0.3, 0.4) is 0 Å². The summed E-state index contributed by atoms with van der Waals surface area (Å²) in [6.45, 7) is 3.99. The lowest BCUT2D eigenvalue weighted by Crippen LogP contribution is -2.37. The SMILES string of the molecule is CCCCc1cc(C23CNC(CO2)C3)ccc1Cl. The normalized spacial score (nSPS) is 30.0. The highest BCUT2D eigenvalue weighted by molar-refractivity contribution is 6.31. The summed E-state index contributed by atoms with van der Waals surface area (Å²) in [6, 6.07) is 6.96. The van der Waals surface area contributed by atoms with Gasteiger partial charge in [0.15, 0.2) is 0 Å². The van der Waals surface area contributed by atoms with E-state index in [9.17, 15) is 0 Å². The van der Waals surface area contributed by atoms with Crippen LogP contribution in [0.5, 0.6) is 0 Å². The zero-order chi connectivity index (χ0) is 12.6. The summed E-state index contributed by atoms with van der Waals surface area (Å²) in [5, 5.41) is 4.41.